The molecule has 1 atom stereocenters. The average molecular weight is 221 g/mol. The molecular formula is C10H11N3O3. The molecule has 1 aromatic heterocycles. The number of fused-ring (bicyclic) bond motifs is 1. The number of nitrogens with one attached hydrogen (secondary N) is 2. The molecular weight excluding hydrogens is 210 g/mol. The molecule has 1 aromatic carbocycles. The van der Waals surface area contributed by atoms with E-state index in [1.54, 1.807) is 18.2 Å². The lowest BCUT2D eigenvalue weighted by Crippen LogP contribution is -2.32. The Bertz CT molecular complexity index is 584. The molecule has 0 saturated heterocycles. The van der Waals surface area contributed by atoms with E-state index in [0.29, 0.717) is 11.0 Å². The summed E-state index contributed by atoms with van der Waals surface area (Å²) in [5.74, 6) is -1.04. The van der Waals surface area contributed by atoms with Crippen molar-refractivity contribution in [3.8, 4) is 0 Å². The molecule has 6 nitrogen and oxygen atoms in total. The van der Waals surface area contributed by atoms with Crippen LogP contribution in [0.1, 0.15) is 5.56 Å². The maximum absolute atomic E-state index is 11.0. The number of imidazole rings is 1. The first-order chi connectivity index (χ1) is 7.56. The maximum Gasteiger partial charge on any atom is 0.323 e. The third-order valence-corrected chi connectivity index (χ3v) is 2.35. The van der Waals surface area contributed by atoms with E-state index in [4.69, 9.17) is 10.8 Å². The van der Waals surface area contributed by atoms with Crippen molar-refractivity contribution in [3.05, 3.63) is 34.2 Å². The third-order valence-electron chi connectivity index (χ3n) is 2.35. The van der Waals surface area contributed by atoms with Gasteiger partial charge in [-0.25, -0.2) is 4.79 Å². The Hall–Kier alpha value is -2.08. The van der Waals surface area contributed by atoms with Crippen LogP contribution in [-0.4, -0.2) is 27.1 Å². The standard InChI is InChI=1S/C10H11N3O3/c11-6(9(14)15)3-5-1-2-7-8(4-5)13-10(16)12-7/h1-2,4,6H,3,11H2,(H,14,15)(H2,12,13,16)/t6-/m0/s1. The number of hydrogen-bond acceptors (Lipinski definition) is 3. The molecule has 0 fully saturated rings. The molecule has 16 heavy (non-hydrogen) atoms. The molecule has 0 aliphatic heterocycles. The highest BCUT2D eigenvalue weighted by Crippen LogP contribution is 2.11. The molecule has 0 saturated carbocycles. The van der Waals surface area contributed by atoms with Gasteiger partial charge in [-0.1, -0.05) is 6.07 Å². The zero-order valence-corrected chi connectivity index (χ0v) is 8.36. The Morgan fingerprint density at radius 2 is 2.06 bits per heavy atom. The van der Waals surface area contributed by atoms with E-state index in [2.05, 4.69) is 9.97 Å². The first-order valence-electron chi connectivity index (χ1n) is 4.75. The smallest absolute Gasteiger partial charge is 0.323 e. The highest BCUT2D eigenvalue weighted by molar-refractivity contribution is 5.76. The third kappa shape index (κ3) is 1.96. The Labute approximate surface area is 90.1 Å². The number of aromatic amines is 2. The van der Waals surface area contributed by atoms with Gasteiger partial charge in [-0.2, -0.15) is 0 Å². The van der Waals surface area contributed by atoms with Gasteiger partial charge in [0.1, 0.15) is 6.04 Å². The van der Waals surface area contributed by atoms with Crippen molar-refractivity contribution in [2.45, 2.75) is 12.5 Å². The summed E-state index contributed by atoms with van der Waals surface area (Å²) in [5.41, 5.74) is 7.26. The Morgan fingerprint density at radius 1 is 1.38 bits per heavy atom. The first-order valence-corrected chi connectivity index (χ1v) is 4.75. The molecule has 0 aliphatic carbocycles. The quantitative estimate of drug-likeness (QED) is 0.575. The fourth-order valence-corrected chi connectivity index (χ4v) is 1.55. The molecule has 0 amide bonds. The van der Waals surface area contributed by atoms with Gasteiger partial charge in [-0.05, 0) is 24.1 Å². The number of aromatic nitrogens is 2. The zero-order valence-electron chi connectivity index (χ0n) is 8.36. The van der Waals surface area contributed by atoms with Crippen molar-refractivity contribution in [2.75, 3.05) is 0 Å². The van der Waals surface area contributed by atoms with Gasteiger partial charge in [0, 0.05) is 0 Å². The zero-order chi connectivity index (χ0) is 11.7. The van der Waals surface area contributed by atoms with E-state index < -0.39 is 12.0 Å². The number of carboxylic acids is 1. The van der Waals surface area contributed by atoms with Crippen LogP contribution < -0.4 is 11.4 Å². The summed E-state index contributed by atoms with van der Waals surface area (Å²) in [7, 11) is 0. The summed E-state index contributed by atoms with van der Waals surface area (Å²) in [4.78, 5) is 26.8. The largest absolute Gasteiger partial charge is 0.480 e. The van der Waals surface area contributed by atoms with Gasteiger partial charge in [-0.15, -0.1) is 0 Å². The van der Waals surface area contributed by atoms with E-state index in [-0.39, 0.29) is 12.1 Å². The number of carbonyl (C=O) groups is 1. The fourth-order valence-electron chi connectivity index (χ4n) is 1.55. The lowest BCUT2D eigenvalue weighted by atomic mass is 10.1. The molecule has 0 radical (unpaired) electrons. The molecule has 1 heterocycles. The number of rotatable bonds is 3. The van der Waals surface area contributed by atoms with Crippen molar-refractivity contribution >= 4 is 17.0 Å². The summed E-state index contributed by atoms with van der Waals surface area (Å²) < 4.78 is 0. The van der Waals surface area contributed by atoms with E-state index in [1.807, 2.05) is 0 Å². The highest BCUT2D eigenvalue weighted by Gasteiger charge is 2.12. The predicted octanol–water partition coefficient (Wildman–Crippen LogP) is -0.189. The molecule has 0 aliphatic rings. The summed E-state index contributed by atoms with van der Waals surface area (Å²) in [5, 5.41) is 8.67. The van der Waals surface area contributed by atoms with Gasteiger partial charge in [0.25, 0.3) is 0 Å². The molecule has 2 rings (SSSR count). The highest BCUT2D eigenvalue weighted by atomic mass is 16.4. The van der Waals surface area contributed by atoms with Crippen molar-refractivity contribution < 1.29 is 9.90 Å². The predicted molar refractivity (Wildman–Crippen MR) is 58.2 cm³/mol. The number of benzene rings is 1. The number of nitrogens with two attached hydrogens (primary N) is 1. The number of hydrogen-bond donors (Lipinski definition) is 4. The van der Waals surface area contributed by atoms with Crippen molar-refractivity contribution in [1.82, 2.24) is 9.97 Å². The van der Waals surface area contributed by atoms with Crippen LogP contribution in [0.25, 0.3) is 11.0 Å². The van der Waals surface area contributed by atoms with E-state index in [1.165, 1.54) is 0 Å². The van der Waals surface area contributed by atoms with Gasteiger partial charge in [0.2, 0.25) is 0 Å². The first kappa shape index (κ1) is 10.4. The Balaban J connectivity index is 2.32. The number of H-pyrrole nitrogens is 2. The molecule has 0 bridgehead atoms. The second kappa shape index (κ2) is 3.82. The molecule has 84 valence electrons. The van der Waals surface area contributed by atoms with Crippen LogP contribution in [0.3, 0.4) is 0 Å². The summed E-state index contributed by atoms with van der Waals surface area (Å²) in [6.45, 7) is 0. The minimum absolute atomic E-state index is 0.235. The number of aliphatic carboxylic acids is 1. The molecule has 0 unspecified atom stereocenters. The summed E-state index contributed by atoms with van der Waals surface area (Å²) in [6.07, 6.45) is 0.235. The Kier molecular flexibility index (Phi) is 2.49. The van der Waals surface area contributed by atoms with Crippen LogP contribution in [0.15, 0.2) is 23.0 Å². The normalized spacial score (nSPS) is 12.8. The van der Waals surface area contributed by atoms with E-state index >= 15 is 0 Å². The molecule has 2 aromatic rings. The van der Waals surface area contributed by atoms with Gasteiger partial charge in [0.15, 0.2) is 0 Å². The van der Waals surface area contributed by atoms with Gasteiger partial charge >= 0.3 is 11.7 Å². The minimum atomic E-state index is -1.04. The van der Waals surface area contributed by atoms with Crippen molar-refractivity contribution in [3.63, 3.8) is 0 Å². The lowest BCUT2D eigenvalue weighted by molar-refractivity contribution is -0.138. The average Bonchev–Trinajstić information content (AvgIpc) is 2.57. The monoisotopic (exact) mass is 221 g/mol. The van der Waals surface area contributed by atoms with Gasteiger partial charge in [-0.3, -0.25) is 4.79 Å². The van der Waals surface area contributed by atoms with Crippen LogP contribution in [0, 0.1) is 0 Å². The van der Waals surface area contributed by atoms with Crippen molar-refractivity contribution in [2.24, 2.45) is 5.73 Å². The lowest BCUT2D eigenvalue weighted by Gasteiger charge is -2.05. The molecule has 5 N–H and O–H groups in total. The molecule has 0 spiro atoms. The van der Waals surface area contributed by atoms with Crippen LogP contribution in [0.2, 0.25) is 0 Å². The second-order valence-corrected chi connectivity index (χ2v) is 3.61. The summed E-state index contributed by atoms with van der Waals surface area (Å²) in [6, 6.07) is 4.25. The van der Waals surface area contributed by atoms with E-state index in [0.717, 1.165) is 5.56 Å². The number of carboxylic acid groups (broad SMARTS) is 1. The SMILES string of the molecule is N[C@@H](Cc1ccc2[nH]c(=O)[nH]c2c1)C(=O)O. The van der Waals surface area contributed by atoms with Gasteiger partial charge in [0.05, 0.1) is 11.0 Å². The summed E-state index contributed by atoms with van der Waals surface area (Å²) >= 11 is 0. The van der Waals surface area contributed by atoms with E-state index in [9.17, 15) is 9.59 Å². The topological polar surface area (TPSA) is 112 Å². The van der Waals surface area contributed by atoms with Crippen LogP contribution in [0.4, 0.5) is 0 Å². The van der Waals surface area contributed by atoms with Crippen LogP contribution in [-0.2, 0) is 11.2 Å². The fraction of sp³-hybridized carbons (Fsp3) is 0.200. The Morgan fingerprint density at radius 3 is 2.75 bits per heavy atom. The maximum atomic E-state index is 11.0. The van der Waals surface area contributed by atoms with Crippen LogP contribution in [0.5, 0.6) is 0 Å². The second-order valence-electron chi connectivity index (χ2n) is 3.61. The van der Waals surface area contributed by atoms with Gasteiger partial charge < -0.3 is 20.8 Å². The van der Waals surface area contributed by atoms with Crippen molar-refractivity contribution in [1.29, 1.82) is 0 Å². The van der Waals surface area contributed by atoms with Crippen LogP contribution >= 0.6 is 0 Å². The molecule has 6 heteroatoms. The minimum Gasteiger partial charge on any atom is -0.480 e.